The number of nitrogens with one attached hydrogen (secondary N) is 2. The predicted octanol–water partition coefficient (Wildman–Crippen LogP) is 4.51. The van der Waals surface area contributed by atoms with Crippen LogP contribution in [0, 0.1) is 0 Å². The van der Waals surface area contributed by atoms with Gasteiger partial charge in [0.15, 0.2) is 11.2 Å². The summed E-state index contributed by atoms with van der Waals surface area (Å²) >= 11 is 0. The van der Waals surface area contributed by atoms with Crippen LogP contribution >= 0.6 is 0 Å². The van der Waals surface area contributed by atoms with Crippen molar-refractivity contribution in [1.29, 1.82) is 0 Å². The summed E-state index contributed by atoms with van der Waals surface area (Å²) in [6.45, 7) is 5.76. The molecule has 5 rings (SSSR count). The topological polar surface area (TPSA) is 124 Å². The van der Waals surface area contributed by atoms with Crippen molar-refractivity contribution in [3.05, 3.63) is 70.3 Å². The predicted molar refractivity (Wildman–Crippen MR) is 147 cm³/mol. The SMILES string of the molecule is CCOc1cc(-c2cc(/C=C/C(=O)O)cc(CCCN3CCCC3)c2)ccc1-c1nc2nc[nH]c2c(=O)[nH]1. The fourth-order valence-corrected chi connectivity index (χ4v) is 4.95. The van der Waals surface area contributed by atoms with Gasteiger partial charge < -0.3 is 24.7 Å². The van der Waals surface area contributed by atoms with E-state index >= 15 is 0 Å². The van der Waals surface area contributed by atoms with E-state index in [0.29, 0.717) is 34.9 Å². The molecule has 2 aromatic heterocycles. The van der Waals surface area contributed by atoms with Gasteiger partial charge in [-0.3, -0.25) is 4.79 Å². The second kappa shape index (κ2) is 11.4. The van der Waals surface area contributed by atoms with Crippen molar-refractivity contribution in [2.75, 3.05) is 26.2 Å². The van der Waals surface area contributed by atoms with Crippen molar-refractivity contribution in [2.45, 2.75) is 32.6 Å². The fourth-order valence-electron chi connectivity index (χ4n) is 4.95. The van der Waals surface area contributed by atoms with Crippen molar-refractivity contribution >= 4 is 23.2 Å². The third kappa shape index (κ3) is 5.84. The number of hydrogen-bond donors (Lipinski definition) is 3. The molecule has 0 bridgehead atoms. The van der Waals surface area contributed by atoms with E-state index in [9.17, 15) is 9.59 Å². The Balaban J connectivity index is 1.49. The molecule has 0 radical (unpaired) electrons. The van der Waals surface area contributed by atoms with Crippen LogP contribution in [-0.2, 0) is 11.2 Å². The molecule has 0 aliphatic carbocycles. The largest absolute Gasteiger partial charge is 0.493 e. The maximum Gasteiger partial charge on any atom is 0.328 e. The molecule has 3 N–H and O–H groups in total. The monoisotopic (exact) mass is 513 g/mol. The summed E-state index contributed by atoms with van der Waals surface area (Å²) in [4.78, 5) is 40.4. The number of fused-ring (bicyclic) bond motifs is 1. The molecule has 9 nitrogen and oxygen atoms in total. The molecule has 1 saturated heterocycles. The summed E-state index contributed by atoms with van der Waals surface area (Å²) < 4.78 is 5.96. The van der Waals surface area contributed by atoms with Gasteiger partial charge in [0.1, 0.15) is 11.6 Å². The third-order valence-corrected chi connectivity index (χ3v) is 6.74. The molecule has 9 heteroatoms. The quantitative estimate of drug-likeness (QED) is 0.267. The number of carboxylic acid groups (broad SMARTS) is 1. The minimum atomic E-state index is -0.982. The highest BCUT2D eigenvalue weighted by atomic mass is 16.5. The molecule has 0 spiro atoms. The van der Waals surface area contributed by atoms with E-state index in [0.717, 1.165) is 47.7 Å². The number of rotatable bonds is 10. The van der Waals surface area contributed by atoms with Gasteiger partial charge in [-0.25, -0.2) is 14.8 Å². The Morgan fingerprint density at radius 2 is 2.00 bits per heavy atom. The Kier molecular flexibility index (Phi) is 7.65. The average Bonchev–Trinajstić information content (AvgIpc) is 3.60. The van der Waals surface area contributed by atoms with Crippen LogP contribution in [0.2, 0.25) is 0 Å². The van der Waals surface area contributed by atoms with Gasteiger partial charge in [-0.2, -0.15) is 0 Å². The van der Waals surface area contributed by atoms with Gasteiger partial charge >= 0.3 is 5.97 Å². The highest BCUT2D eigenvalue weighted by molar-refractivity contribution is 5.86. The molecule has 3 heterocycles. The minimum Gasteiger partial charge on any atom is -0.493 e. The van der Waals surface area contributed by atoms with Crippen molar-refractivity contribution in [1.82, 2.24) is 24.8 Å². The molecular formula is C29H31N5O4. The lowest BCUT2D eigenvalue weighted by molar-refractivity contribution is -0.131. The number of benzene rings is 2. The Labute approximate surface area is 220 Å². The van der Waals surface area contributed by atoms with E-state index in [2.05, 4.69) is 37.0 Å². The summed E-state index contributed by atoms with van der Waals surface area (Å²) in [7, 11) is 0. The molecule has 0 atom stereocenters. The van der Waals surface area contributed by atoms with E-state index < -0.39 is 5.97 Å². The van der Waals surface area contributed by atoms with Crippen LogP contribution in [0.15, 0.2) is 53.6 Å². The number of aromatic nitrogens is 4. The number of H-pyrrole nitrogens is 2. The number of hydrogen-bond acceptors (Lipinski definition) is 6. The summed E-state index contributed by atoms with van der Waals surface area (Å²) in [5.74, 6) is -0.0141. The number of carbonyl (C=O) groups is 1. The Hall–Kier alpha value is -4.24. The van der Waals surface area contributed by atoms with E-state index in [4.69, 9.17) is 9.84 Å². The molecule has 196 valence electrons. The van der Waals surface area contributed by atoms with Crippen LogP contribution in [0.25, 0.3) is 39.8 Å². The Morgan fingerprint density at radius 3 is 2.79 bits per heavy atom. The number of ether oxygens (including phenoxy) is 1. The molecule has 1 aliphatic heterocycles. The number of carboxylic acids is 1. The van der Waals surface area contributed by atoms with Crippen molar-refractivity contribution in [3.8, 4) is 28.3 Å². The Morgan fingerprint density at radius 1 is 1.16 bits per heavy atom. The molecule has 2 aromatic carbocycles. The van der Waals surface area contributed by atoms with E-state index in [-0.39, 0.29) is 5.56 Å². The van der Waals surface area contributed by atoms with Crippen LogP contribution in [-0.4, -0.2) is 62.2 Å². The molecule has 0 unspecified atom stereocenters. The number of aromatic amines is 2. The molecule has 1 aliphatic rings. The minimum absolute atomic E-state index is 0.300. The lowest BCUT2D eigenvalue weighted by Crippen LogP contribution is -2.20. The van der Waals surface area contributed by atoms with Crippen LogP contribution in [0.3, 0.4) is 0 Å². The fraction of sp³-hybridized carbons (Fsp3) is 0.310. The van der Waals surface area contributed by atoms with Crippen molar-refractivity contribution in [3.63, 3.8) is 0 Å². The van der Waals surface area contributed by atoms with Gasteiger partial charge in [0.25, 0.3) is 5.56 Å². The summed E-state index contributed by atoms with van der Waals surface area (Å²) in [6, 6.07) is 12.0. The van der Waals surface area contributed by atoms with E-state index in [1.165, 1.54) is 32.3 Å². The molecule has 1 fully saturated rings. The first-order valence-electron chi connectivity index (χ1n) is 13.0. The standard InChI is InChI=1S/C29H31N5O4/c1-2-38-24-17-21(8-9-23(24)27-32-28-26(29(37)33-27)30-18-31-28)22-15-19(6-5-13-34-11-3-4-12-34)14-20(16-22)7-10-25(35)36/h7-10,14-18H,2-6,11-13H2,1H3,(H,35,36)(H2,30,31,32,33,37)/b10-7+. The number of likely N-dealkylation sites (tertiary alicyclic amines) is 1. The second-order valence-corrected chi connectivity index (χ2v) is 9.45. The van der Waals surface area contributed by atoms with E-state index in [1.807, 2.05) is 31.2 Å². The van der Waals surface area contributed by atoms with Gasteiger partial charge in [0, 0.05) is 6.08 Å². The third-order valence-electron chi connectivity index (χ3n) is 6.74. The lowest BCUT2D eigenvalue weighted by Gasteiger charge is -2.15. The highest BCUT2D eigenvalue weighted by Crippen LogP contribution is 2.34. The zero-order chi connectivity index (χ0) is 26.5. The van der Waals surface area contributed by atoms with E-state index in [1.54, 1.807) is 6.08 Å². The number of aliphatic carboxylic acids is 1. The van der Waals surface area contributed by atoms with Crippen molar-refractivity contribution in [2.24, 2.45) is 0 Å². The van der Waals surface area contributed by atoms with Crippen LogP contribution in [0.4, 0.5) is 0 Å². The van der Waals surface area contributed by atoms with Gasteiger partial charge in [-0.15, -0.1) is 0 Å². The first-order valence-corrected chi connectivity index (χ1v) is 13.0. The van der Waals surface area contributed by atoms with Gasteiger partial charge in [0.2, 0.25) is 0 Å². The van der Waals surface area contributed by atoms with Gasteiger partial charge in [-0.05, 0) is 98.8 Å². The zero-order valence-electron chi connectivity index (χ0n) is 21.4. The maximum absolute atomic E-state index is 12.5. The molecule has 0 amide bonds. The number of aryl methyl sites for hydroxylation is 1. The summed E-state index contributed by atoms with van der Waals surface area (Å²) in [5.41, 5.74) is 4.90. The lowest BCUT2D eigenvalue weighted by atomic mass is 9.96. The smallest absolute Gasteiger partial charge is 0.328 e. The van der Waals surface area contributed by atoms with Crippen LogP contribution in [0.1, 0.15) is 37.3 Å². The van der Waals surface area contributed by atoms with Gasteiger partial charge in [-0.1, -0.05) is 18.2 Å². The average molecular weight is 514 g/mol. The molecule has 38 heavy (non-hydrogen) atoms. The highest BCUT2D eigenvalue weighted by Gasteiger charge is 2.15. The molecule has 0 saturated carbocycles. The van der Waals surface area contributed by atoms with Crippen LogP contribution < -0.4 is 10.3 Å². The normalized spacial score (nSPS) is 14.0. The zero-order valence-corrected chi connectivity index (χ0v) is 21.4. The first kappa shape index (κ1) is 25.4. The Bertz CT molecular complexity index is 1530. The second-order valence-electron chi connectivity index (χ2n) is 9.45. The summed E-state index contributed by atoms with van der Waals surface area (Å²) in [6.07, 6.45) is 8.73. The molecular weight excluding hydrogens is 482 g/mol. The first-order chi connectivity index (χ1) is 18.5. The molecule has 4 aromatic rings. The van der Waals surface area contributed by atoms with Gasteiger partial charge in [0.05, 0.1) is 18.5 Å². The number of imidazole rings is 1. The van der Waals surface area contributed by atoms with Crippen LogP contribution in [0.5, 0.6) is 5.75 Å². The van der Waals surface area contributed by atoms with Crippen molar-refractivity contribution < 1.29 is 14.6 Å². The maximum atomic E-state index is 12.5. The summed E-state index contributed by atoms with van der Waals surface area (Å²) in [5, 5.41) is 9.15. The number of nitrogens with zero attached hydrogens (tertiary/aromatic N) is 3.